The van der Waals surface area contributed by atoms with Gasteiger partial charge in [-0.25, -0.2) is 13.2 Å². The van der Waals surface area contributed by atoms with Gasteiger partial charge < -0.3 is 0 Å². The van der Waals surface area contributed by atoms with Crippen LogP contribution in [-0.2, 0) is 6.42 Å². The topological polar surface area (TPSA) is 0 Å². The number of alkyl halides is 3. The van der Waals surface area contributed by atoms with Crippen LogP contribution >= 0.6 is 15.9 Å². The summed E-state index contributed by atoms with van der Waals surface area (Å²) in [4.78, 5) is 0. The number of hydrogen-bond donors (Lipinski definition) is 0. The molecule has 1 aliphatic carbocycles. The fourth-order valence-electron chi connectivity index (χ4n) is 2.87. The lowest BCUT2D eigenvalue weighted by molar-refractivity contribution is 0.00419. The molecule has 1 fully saturated rings. The highest BCUT2D eigenvalue weighted by molar-refractivity contribution is 9.09. The highest BCUT2D eigenvalue weighted by Gasteiger charge is 2.39. The highest BCUT2D eigenvalue weighted by atomic mass is 79.9. The molecule has 0 amide bonds. The second kappa shape index (κ2) is 6.29. The monoisotopic (exact) mass is 334 g/mol. The molecule has 2 atom stereocenters. The van der Waals surface area contributed by atoms with Crippen LogP contribution in [-0.4, -0.2) is 11.3 Å². The van der Waals surface area contributed by atoms with E-state index in [1.807, 2.05) is 0 Å². The lowest BCUT2D eigenvalue weighted by atomic mass is 9.90. The van der Waals surface area contributed by atoms with Crippen molar-refractivity contribution in [2.45, 2.75) is 38.0 Å². The predicted octanol–water partition coefficient (Wildman–Crippen LogP) is 5.20. The molecular weight excluding hydrogens is 317 g/mol. The molecule has 2 unspecified atom stereocenters. The summed E-state index contributed by atoms with van der Waals surface area (Å²) in [6.45, 7) is 0. The van der Waals surface area contributed by atoms with Gasteiger partial charge in [-0.15, -0.1) is 0 Å². The molecule has 0 spiro atoms. The Labute approximate surface area is 120 Å². The zero-order chi connectivity index (χ0) is 13.9. The first-order chi connectivity index (χ1) is 8.98. The second-order valence-corrected chi connectivity index (χ2v) is 6.20. The molecule has 0 radical (unpaired) electrons. The Morgan fingerprint density at radius 1 is 1.26 bits per heavy atom. The highest BCUT2D eigenvalue weighted by Crippen LogP contribution is 2.42. The van der Waals surface area contributed by atoms with Gasteiger partial charge in [0.2, 0.25) is 5.92 Å². The van der Waals surface area contributed by atoms with Crippen molar-refractivity contribution in [2.24, 2.45) is 11.8 Å². The Morgan fingerprint density at radius 2 is 1.95 bits per heavy atom. The van der Waals surface area contributed by atoms with Crippen LogP contribution in [0.5, 0.6) is 0 Å². The van der Waals surface area contributed by atoms with Gasteiger partial charge in [-0.3, -0.25) is 0 Å². The van der Waals surface area contributed by atoms with E-state index in [9.17, 15) is 13.2 Å². The van der Waals surface area contributed by atoms with Gasteiger partial charge in [0.05, 0.1) is 0 Å². The molecular formula is C15H18BrF3. The first kappa shape index (κ1) is 14.9. The molecule has 0 heterocycles. The normalized spacial score (nSPS) is 23.5. The van der Waals surface area contributed by atoms with E-state index in [1.54, 1.807) is 12.1 Å². The van der Waals surface area contributed by atoms with Crippen LogP contribution in [0.4, 0.5) is 13.2 Å². The molecule has 4 heteroatoms. The minimum Gasteiger partial charge on any atom is -0.207 e. The number of benzene rings is 1. The smallest absolute Gasteiger partial charge is 0.207 e. The van der Waals surface area contributed by atoms with Crippen molar-refractivity contribution in [2.75, 3.05) is 5.33 Å². The maximum absolute atomic E-state index is 13.2. The van der Waals surface area contributed by atoms with Gasteiger partial charge in [-0.05, 0) is 48.8 Å². The van der Waals surface area contributed by atoms with Crippen molar-refractivity contribution >= 4 is 15.9 Å². The van der Waals surface area contributed by atoms with Crippen molar-refractivity contribution in [1.29, 1.82) is 0 Å². The number of rotatable bonds is 5. The molecule has 0 saturated heterocycles. The van der Waals surface area contributed by atoms with E-state index in [2.05, 4.69) is 15.9 Å². The van der Waals surface area contributed by atoms with Crippen molar-refractivity contribution in [3.8, 4) is 0 Å². The lowest BCUT2D eigenvalue weighted by Crippen LogP contribution is -2.14. The van der Waals surface area contributed by atoms with Gasteiger partial charge in [0, 0.05) is 18.2 Å². The van der Waals surface area contributed by atoms with Crippen molar-refractivity contribution < 1.29 is 13.2 Å². The maximum atomic E-state index is 13.2. The summed E-state index contributed by atoms with van der Waals surface area (Å²) in [5.74, 6) is -2.24. The van der Waals surface area contributed by atoms with Crippen molar-refractivity contribution in [1.82, 2.24) is 0 Å². The largest absolute Gasteiger partial charge is 0.248 e. The van der Waals surface area contributed by atoms with E-state index in [-0.39, 0.29) is 24.6 Å². The Bertz CT molecular complexity index is 402. The average molecular weight is 335 g/mol. The molecule has 2 rings (SSSR count). The van der Waals surface area contributed by atoms with Crippen molar-refractivity contribution in [3.05, 3.63) is 35.6 Å². The zero-order valence-corrected chi connectivity index (χ0v) is 12.3. The van der Waals surface area contributed by atoms with Gasteiger partial charge in [0.15, 0.2) is 0 Å². The van der Waals surface area contributed by atoms with Crippen LogP contribution in [0, 0.1) is 17.7 Å². The van der Waals surface area contributed by atoms with E-state index in [0.717, 1.165) is 23.7 Å². The minimum absolute atomic E-state index is 0.0277. The quantitative estimate of drug-likeness (QED) is 0.649. The molecule has 0 nitrogen and oxygen atoms in total. The third-order valence-corrected chi connectivity index (χ3v) is 4.74. The standard InChI is InChI=1S/C15H18BrF3/c16-10-13(7-11-1-3-14(17)4-2-11)8-12-5-6-15(18,19)9-12/h1-4,12-13H,5-10H2. The Balaban J connectivity index is 1.88. The number of halogens is 4. The predicted molar refractivity (Wildman–Crippen MR) is 74.3 cm³/mol. The third kappa shape index (κ3) is 4.51. The Kier molecular flexibility index (Phi) is 4.93. The molecule has 106 valence electrons. The van der Waals surface area contributed by atoms with E-state index >= 15 is 0 Å². The summed E-state index contributed by atoms with van der Waals surface area (Å²) in [5.41, 5.74) is 1.07. The summed E-state index contributed by atoms with van der Waals surface area (Å²) in [7, 11) is 0. The fourth-order valence-corrected chi connectivity index (χ4v) is 3.36. The van der Waals surface area contributed by atoms with Crippen LogP contribution in [0.15, 0.2) is 24.3 Å². The van der Waals surface area contributed by atoms with Crippen LogP contribution in [0.2, 0.25) is 0 Å². The zero-order valence-electron chi connectivity index (χ0n) is 10.7. The molecule has 19 heavy (non-hydrogen) atoms. The van der Waals surface area contributed by atoms with E-state index in [1.165, 1.54) is 12.1 Å². The van der Waals surface area contributed by atoms with E-state index in [0.29, 0.717) is 12.3 Å². The lowest BCUT2D eigenvalue weighted by Gasteiger charge is -2.18. The molecule has 0 aliphatic heterocycles. The Hall–Kier alpha value is -0.510. The van der Waals surface area contributed by atoms with Gasteiger partial charge in [0.1, 0.15) is 5.82 Å². The summed E-state index contributed by atoms with van der Waals surface area (Å²) in [6.07, 6.45) is 2.31. The summed E-state index contributed by atoms with van der Waals surface area (Å²) < 4.78 is 39.2. The van der Waals surface area contributed by atoms with Crippen LogP contribution in [0.25, 0.3) is 0 Å². The van der Waals surface area contributed by atoms with Gasteiger partial charge >= 0.3 is 0 Å². The SMILES string of the molecule is Fc1ccc(CC(CBr)CC2CCC(F)(F)C2)cc1. The summed E-state index contributed by atoms with van der Waals surface area (Å²) in [5, 5.41) is 0.798. The summed E-state index contributed by atoms with van der Waals surface area (Å²) in [6, 6.07) is 6.44. The molecule has 1 aromatic carbocycles. The molecule has 0 aromatic heterocycles. The molecule has 0 bridgehead atoms. The Morgan fingerprint density at radius 3 is 2.47 bits per heavy atom. The average Bonchev–Trinajstić information content (AvgIpc) is 2.70. The van der Waals surface area contributed by atoms with E-state index in [4.69, 9.17) is 0 Å². The van der Waals surface area contributed by atoms with Crippen LogP contribution in [0.3, 0.4) is 0 Å². The van der Waals surface area contributed by atoms with Gasteiger partial charge in [-0.2, -0.15) is 0 Å². The van der Waals surface area contributed by atoms with Crippen molar-refractivity contribution in [3.63, 3.8) is 0 Å². The minimum atomic E-state index is -2.46. The molecule has 1 aliphatic rings. The molecule has 1 aromatic rings. The van der Waals surface area contributed by atoms with Crippen LogP contribution in [0.1, 0.15) is 31.2 Å². The van der Waals surface area contributed by atoms with Gasteiger partial charge in [0.25, 0.3) is 0 Å². The third-order valence-electron chi connectivity index (χ3n) is 3.83. The first-order valence-electron chi connectivity index (χ1n) is 6.67. The van der Waals surface area contributed by atoms with Crippen LogP contribution < -0.4 is 0 Å². The number of hydrogen-bond acceptors (Lipinski definition) is 0. The molecule has 0 N–H and O–H groups in total. The van der Waals surface area contributed by atoms with Gasteiger partial charge in [-0.1, -0.05) is 28.1 Å². The first-order valence-corrected chi connectivity index (χ1v) is 7.79. The molecule has 1 saturated carbocycles. The second-order valence-electron chi connectivity index (χ2n) is 5.55. The maximum Gasteiger partial charge on any atom is 0.248 e. The van der Waals surface area contributed by atoms with E-state index < -0.39 is 5.92 Å². The fraction of sp³-hybridized carbons (Fsp3) is 0.600. The summed E-state index contributed by atoms with van der Waals surface area (Å²) >= 11 is 3.46.